The number of hydrogen-bond acceptors (Lipinski definition) is 3. The largest absolute Gasteiger partial charge is 0.326 e. The molecular weight excluding hydrogens is 309 g/mol. The number of halogens is 1. The third kappa shape index (κ3) is 2.99. The van der Waals surface area contributed by atoms with E-state index in [1.807, 2.05) is 19.1 Å². The number of pyridine rings is 1. The number of anilines is 2. The molecule has 0 spiro atoms. The number of aromatic nitrogens is 1. The Morgan fingerprint density at radius 1 is 1.29 bits per heavy atom. The van der Waals surface area contributed by atoms with Crippen molar-refractivity contribution in [2.75, 3.05) is 16.8 Å². The molecule has 0 aliphatic carbocycles. The number of carbonyl (C=O) groups excluding carboxylic acids is 2. The zero-order chi connectivity index (χ0) is 17.3. The molecule has 0 unspecified atom stereocenters. The van der Waals surface area contributed by atoms with Crippen LogP contribution in [0.4, 0.5) is 15.8 Å². The van der Waals surface area contributed by atoms with E-state index in [2.05, 4.69) is 10.3 Å². The molecule has 0 bridgehead atoms. The van der Waals surface area contributed by atoms with E-state index in [9.17, 15) is 14.0 Å². The van der Waals surface area contributed by atoms with Gasteiger partial charge in [-0.25, -0.2) is 4.39 Å². The lowest BCUT2D eigenvalue weighted by Gasteiger charge is -2.32. The van der Waals surface area contributed by atoms with Crippen LogP contribution in [0.1, 0.15) is 34.8 Å². The van der Waals surface area contributed by atoms with Crippen LogP contribution in [0.15, 0.2) is 30.6 Å². The van der Waals surface area contributed by atoms with Crippen molar-refractivity contribution in [2.24, 2.45) is 0 Å². The third-order valence-electron chi connectivity index (χ3n) is 4.07. The van der Waals surface area contributed by atoms with Crippen molar-refractivity contribution >= 4 is 23.2 Å². The minimum absolute atomic E-state index is 0.154. The summed E-state index contributed by atoms with van der Waals surface area (Å²) in [5.74, 6) is -0.980. The van der Waals surface area contributed by atoms with E-state index in [4.69, 9.17) is 0 Å². The minimum Gasteiger partial charge on any atom is -0.326 e. The Morgan fingerprint density at radius 2 is 2.08 bits per heavy atom. The third-order valence-corrected chi connectivity index (χ3v) is 4.07. The second-order valence-corrected chi connectivity index (χ2v) is 5.89. The molecule has 1 aromatic heterocycles. The van der Waals surface area contributed by atoms with Gasteiger partial charge in [-0.2, -0.15) is 0 Å². The predicted molar refractivity (Wildman–Crippen MR) is 89.7 cm³/mol. The predicted octanol–water partition coefficient (Wildman–Crippen LogP) is 3.08. The molecule has 0 radical (unpaired) electrons. The minimum atomic E-state index is -0.540. The average Bonchev–Trinajstić information content (AvgIpc) is 2.56. The molecule has 0 fully saturated rings. The molecule has 124 valence electrons. The van der Waals surface area contributed by atoms with Crippen LogP contribution < -0.4 is 10.2 Å². The number of benzene rings is 1. The molecule has 2 aromatic rings. The number of fused-ring (bicyclic) bond motifs is 1. The first kappa shape index (κ1) is 16.1. The van der Waals surface area contributed by atoms with Crippen LogP contribution in [-0.2, 0) is 11.2 Å². The van der Waals surface area contributed by atoms with E-state index < -0.39 is 5.82 Å². The first-order valence-electron chi connectivity index (χ1n) is 7.80. The highest BCUT2D eigenvalue weighted by Crippen LogP contribution is 2.36. The van der Waals surface area contributed by atoms with E-state index >= 15 is 0 Å². The molecule has 1 N–H and O–H groups in total. The number of rotatable bonds is 2. The van der Waals surface area contributed by atoms with Crippen molar-refractivity contribution in [3.05, 3.63) is 53.1 Å². The molecule has 0 saturated heterocycles. The Balaban J connectivity index is 2.05. The van der Waals surface area contributed by atoms with Gasteiger partial charge in [-0.05, 0) is 43.0 Å². The van der Waals surface area contributed by atoms with E-state index in [1.165, 1.54) is 19.2 Å². The molecule has 2 amide bonds. The quantitative estimate of drug-likeness (QED) is 0.922. The van der Waals surface area contributed by atoms with Crippen molar-refractivity contribution in [3.8, 4) is 0 Å². The maximum absolute atomic E-state index is 13.4. The van der Waals surface area contributed by atoms with E-state index in [0.29, 0.717) is 6.54 Å². The van der Waals surface area contributed by atoms with Gasteiger partial charge in [-0.1, -0.05) is 6.07 Å². The summed E-state index contributed by atoms with van der Waals surface area (Å²) in [7, 11) is 0. The molecule has 0 saturated carbocycles. The normalized spacial score (nSPS) is 13.4. The number of aryl methyl sites for hydroxylation is 1. The average molecular weight is 327 g/mol. The Labute approximate surface area is 139 Å². The van der Waals surface area contributed by atoms with E-state index in [1.54, 1.807) is 4.90 Å². The SMILES string of the molecule is CC(=O)Nc1ccc(C)c2c1CCCN2C(=O)c1cncc(F)c1. The first-order chi connectivity index (χ1) is 11.5. The summed E-state index contributed by atoms with van der Waals surface area (Å²) in [6, 6.07) is 4.92. The molecule has 1 aliphatic heterocycles. The van der Waals surface area contributed by atoms with Gasteiger partial charge >= 0.3 is 0 Å². The van der Waals surface area contributed by atoms with Gasteiger partial charge in [-0.3, -0.25) is 14.6 Å². The fourth-order valence-electron chi connectivity index (χ4n) is 3.10. The van der Waals surface area contributed by atoms with Gasteiger partial charge in [0.05, 0.1) is 17.4 Å². The molecule has 5 nitrogen and oxygen atoms in total. The molecule has 6 heteroatoms. The Morgan fingerprint density at radius 3 is 2.79 bits per heavy atom. The van der Waals surface area contributed by atoms with Crippen LogP contribution in [0.5, 0.6) is 0 Å². The number of nitrogens with zero attached hydrogens (tertiary/aromatic N) is 2. The lowest BCUT2D eigenvalue weighted by Crippen LogP contribution is -2.36. The number of nitrogens with one attached hydrogen (secondary N) is 1. The summed E-state index contributed by atoms with van der Waals surface area (Å²) in [6.45, 7) is 3.93. The van der Waals surface area contributed by atoms with Crippen molar-refractivity contribution in [3.63, 3.8) is 0 Å². The molecule has 1 aromatic carbocycles. The van der Waals surface area contributed by atoms with Gasteiger partial charge in [0.2, 0.25) is 5.91 Å². The summed E-state index contributed by atoms with van der Waals surface area (Å²) >= 11 is 0. The lowest BCUT2D eigenvalue weighted by atomic mass is 9.95. The fourth-order valence-corrected chi connectivity index (χ4v) is 3.10. The Hall–Kier alpha value is -2.76. The fraction of sp³-hybridized carbons (Fsp3) is 0.278. The first-order valence-corrected chi connectivity index (χ1v) is 7.80. The van der Waals surface area contributed by atoms with Gasteiger partial charge in [0.1, 0.15) is 5.82 Å². The van der Waals surface area contributed by atoms with Crippen molar-refractivity contribution < 1.29 is 14.0 Å². The summed E-state index contributed by atoms with van der Waals surface area (Å²) in [5, 5.41) is 2.82. The molecule has 0 atom stereocenters. The van der Waals surface area contributed by atoms with Crippen LogP contribution in [0.2, 0.25) is 0 Å². The van der Waals surface area contributed by atoms with Crippen molar-refractivity contribution in [1.29, 1.82) is 0 Å². The van der Waals surface area contributed by atoms with Gasteiger partial charge in [0.15, 0.2) is 0 Å². The van der Waals surface area contributed by atoms with Gasteiger partial charge in [-0.15, -0.1) is 0 Å². The van der Waals surface area contributed by atoms with E-state index in [0.717, 1.165) is 41.5 Å². The topological polar surface area (TPSA) is 62.3 Å². The highest BCUT2D eigenvalue weighted by Gasteiger charge is 2.27. The molecule has 3 rings (SSSR count). The van der Waals surface area contributed by atoms with Crippen LogP contribution >= 0.6 is 0 Å². The zero-order valence-electron chi connectivity index (χ0n) is 13.6. The molecular formula is C18H18FN3O2. The van der Waals surface area contributed by atoms with Crippen LogP contribution in [0.3, 0.4) is 0 Å². The monoisotopic (exact) mass is 327 g/mol. The summed E-state index contributed by atoms with van der Waals surface area (Å²) < 4.78 is 13.4. The standard InChI is InChI=1S/C18H18FN3O2/c1-11-5-6-16(21-12(2)23)15-4-3-7-22(17(11)15)18(24)13-8-14(19)10-20-9-13/h5-6,8-10H,3-4,7H2,1-2H3,(H,21,23). The zero-order valence-corrected chi connectivity index (χ0v) is 13.6. The number of hydrogen-bond donors (Lipinski definition) is 1. The Bertz CT molecular complexity index is 820. The summed E-state index contributed by atoms with van der Waals surface area (Å²) in [6.07, 6.45) is 3.99. The van der Waals surface area contributed by atoms with E-state index in [-0.39, 0.29) is 17.4 Å². The number of amides is 2. The maximum Gasteiger partial charge on any atom is 0.259 e. The van der Waals surface area contributed by atoms with Gasteiger partial charge < -0.3 is 10.2 Å². The van der Waals surface area contributed by atoms with Crippen LogP contribution in [0.25, 0.3) is 0 Å². The maximum atomic E-state index is 13.4. The lowest BCUT2D eigenvalue weighted by molar-refractivity contribution is -0.114. The molecule has 1 aliphatic rings. The second-order valence-electron chi connectivity index (χ2n) is 5.89. The van der Waals surface area contributed by atoms with Gasteiger partial charge in [0.25, 0.3) is 5.91 Å². The second kappa shape index (κ2) is 6.39. The summed E-state index contributed by atoms with van der Waals surface area (Å²) in [5.41, 5.74) is 3.61. The van der Waals surface area contributed by atoms with Crippen LogP contribution in [-0.4, -0.2) is 23.3 Å². The highest BCUT2D eigenvalue weighted by atomic mass is 19.1. The molecule has 24 heavy (non-hydrogen) atoms. The summed E-state index contributed by atoms with van der Waals surface area (Å²) in [4.78, 5) is 29.7. The smallest absolute Gasteiger partial charge is 0.259 e. The highest BCUT2D eigenvalue weighted by molar-refractivity contribution is 6.07. The molecule has 2 heterocycles. The Kier molecular flexibility index (Phi) is 4.29. The van der Waals surface area contributed by atoms with Crippen LogP contribution in [0, 0.1) is 12.7 Å². The van der Waals surface area contributed by atoms with Gasteiger partial charge in [0, 0.05) is 25.4 Å². The van der Waals surface area contributed by atoms with Crippen molar-refractivity contribution in [1.82, 2.24) is 4.98 Å². The number of carbonyl (C=O) groups is 2. The van der Waals surface area contributed by atoms with Crippen molar-refractivity contribution in [2.45, 2.75) is 26.7 Å².